The zero-order chi connectivity index (χ0) is 22.3. The number of carbonyl (C=O) groups is 2. The molecule has 1 aromatic rings. The van der Waals surface area contributed by atoms with Crippen LogP contribution in [0.2, 0.25) is 0 Å². The van der Waals surface area contributed by atoms with Crippen molar-refractivity contribution in [2.75, 3.05) is 25.0 Å². The summed E-state index contributed by atoms with van der Waals surface area (Å²) in [4.78, 5) is 25.6. The molecule has 1 fully saturated rings. The van der Waals surface area contributed by atoms with Crippen molar-refractivity contribution in [3.8, 4) is 0 Å². The third-order valence-electron chi connectivity index (χ3n) is 6.15. The van der Waals surface area contributed by atoms with Crippen molar-refractivity contribution >= 4 is 35.4 Å². The van der Waals surface area contributed by atoms with Crippen molar-refractivity contribution in [2.24, 2.45) is 11.0 Å². The molecular weight excluding hydrogens is 402 g/mol. The zero-order valence-corrected chi connectivity index (χ0v) is 19.5. The maximum absolute atomic E-state index is 13.0. The first kappa shape index (κ1) is 24.2. The van der Waals surface area contributed by atoms with Crippen molar-refractivity contribution in [1.29, 1.82) is 0 Å². The summed E-state index contributed by atoms with van der Waals surface area (Å²) < 4.78 is 5.04. The van der Waals surface area contributed by atoms with Gasteiger partial charge in [-0.3, -0.25) is 9.80 Å². The molecule has 1 saturated carbocycles. The van der Waals surface area contributed by atoms with Crippen molar-refractivity contribution < 1.29 is 14.3 Å². The second-order valence-corrected chi connectivity index (χ2v) is 8.44. The van der Waals surface area contributed by atoms with Crippen LogP contribution in [0.1, 0.15) is 56.2 Å². The second-order valence-electron chi connectivity index (χ2n) is 8.13. The fraction of sp³-hybridized carbons (Fsp3) is 0.609. The van der Waals surface area contributed by atoms with Crippen LogP contribution in [0.25, 0.3) is 0 Å². The molecule has 2 rings (SSSR count). The van der Waals surface area contributed by atoms with Gasteiger partial charge in [-0.2, -0.15) is 5.10 Å². The lowest BCUT2D eigenvalue weighted by molar-refractivity contribution is -0.152. The van der Waals surface area contributed by atoms with Gasteiger partial charge in [0, 0.05) is 13.3 Å². The number of benzene rings is 1. The number of methoxy groups -OCH3 is 1. The summed E-state index contributed by atoms with van der Waals surface area (Å²) in [7, 11) is 3.25. The Morgan fingerprint density at radius 3 is 2.60 bits per heavy atom. The monoisotopic (exact) mass is 435 g/mol. The molecule has 7 heteroatoms. The fourth-order valence-corrected chi connectivity index (χ4v) is 4.44. The zero-order valence-electron chi connectivity index (χ0n) is 18.8. The highest BCUT2D eigenvalue weighted by Gasteiger charge is 2.44. The Balaban J connectivity index is 2.24. The minimum absolute atomic E-state index is 0.108. The molecule has 0 aromatic heterocycles. The van der Waals surface area contributed by atoms with Gasteiger partial charge >= 0.3 is 5.97 Å². The summed E-state index contributed by atoms with van der Waals surface area (Å²) in [5, 5.41) is 9.07. The van der Waals surface area contributed by atoms with Crippen molar-refractivity contribution in [3.63, 3.8) is 0 Å². The summed E-state index contributed by atoms with van der Waals surface area (Å²) in [5.74, 6) is -0.0723. The van der Waals surface area contributed by atoms with Crippen molar-refractivity contribution in [2.45, 2.75) is 64.8 Å². The Labute approximate surface area is 185 Å². The quantitative estimate of drug-likeness (QED) is 0.275. The molecule has 0 heterocycles. The summed E-state index contributed by atoms with van der Waals surface area (Å²) in [6.45, 7) is 5.87. The molecule has 1 aliphatic rings. The SMILES string of the molecule is CCc1cc(N(C)/N=C\CCl)cc(C)c1CC(=O)NC(C)(C(=O)OC)C1CCCC1. The van der Waals surface area contributed by atoms with Crippen LogP contribution in [0.15, 0.2) is 17.2 Å². The first-order chi connectivity index (χ1) is 14.3. The Morgan fingerprint density at radius 1 is 1.37 bits per heavy atom. The van der Waals surface area contributed by atoms with Gasteiger partial charge in [0.05, 0.1) is 25.1 Å². The molecule has 1 atom stereocenters. The number of alkyl halides is 1. The Kier molecular flexibility index (Phi) is 8.71. The topological polar surface area (TPSA) is 71.0 Å². The smallest absolute Gasteiger partial charge is 0.331 e. The van der Waals surface area contributed by atoms with Crippen LogP contribution in [-0.4, -0.2) is 43.7 Å². The first-order valence-corrected chi connectivity index (χ1v) is 11.1. The van der Waals surface area contributed by atoms with Gasteiger partial charge < -0.3 is 10.1 Å². The number of nitrogens with one attached hydrogen (secondary N) is 1. The predicted molar refractivity (Wildman–Crippen MR) is 122 cm³/mol. The lowest BCUT2D eigenvalue weighted by Crippen LogP contribution is -2.57. The van der Waals surface area contributed by atoms with Crippen molar-refractivity contribution in [3.05, 3.63) is 28.8 Å². The van der Waals surface area contributed by atoms with Crippen LogP contribution in [0.3, 0.4) is 0 Å². The van der Waals surface area contributed by atoms with Gasteiger partial charge in [-0.15, -0.1) is 11.6 Å². The Hall–Kier alpha value is -2.08. The van der Waals surface area contributed by atoms with Crippen LogP contribution < -0.4 is 10.3 Å². The van der Waals surface area contributed by atoms with Crippen LogP contribution in [-0.2, 0) is 27.2 Å². The molecule has 0 saturated heterocycles. The van der Waals surface area contributed by atoms with Gasteiger partial charge in [0.1, 0.15) is 5.54 Å². The number of hydrazone groups is 1. The number of rotatable bonds is 9. The Morgan fingerprint density at radius 2 is 2.03 bits per heavy atom. The normalized spacial score (nSPS) is 16.5. The lowest BCUT2D eigenvalue weighted by Gasteiger charge is -2.34. The molecule has 0 aliphatic heterocycles. The van der Waals surface area contributed by atoms with Gasteiger partial charge in [-0.1, -0.05) is 19.8 Å². The van der Waals surface area contributed by atoms with E-state index in [0.717, 1.165) is 54.5 Å². The van der Waals surface area contributed by atoms with E-state index in [-0.39, 0.29) is 24.2 Å². The maximum Gasteiger partial charge on any atom is 0.331 e. The number of halogens is 1. The van der Waals surface area contributed by atoms with E-state index in [9.17, 15) is 9.59 Å². The largest absolute Gasteiger partial charge is 0.467 e. The third-order valence-corrected chi connectivity index (χ3v) is 6.28. The molecule has 1 aliphatic carbocycles. The number of ether oxygens (including phenoxy) is 1. The van der Waals surface area contributed by atoms with E-state index in [1.807, 2.05) is 20.0 Å². The van der Waals surface area contributed by atoms with Crippen LogP contribution in [0, 0.1) is 12.8 Å². The van der Waals surface area contributed by atoms with Crippen LogP contribution in [0.5, 0.6) is 0 Å². The van der Waals surface area contributed by atoms with E-state index in [1.54, 1.807) is 18.1 Å². The summed E-state index contributed by atoms with van der Waals surface area (Å²) >= 11 is 5.68. The number of amides is 1. The van der Waals surface area contributed by atoms with E-state index >= 15 is 0 Å². The highest BCUT2D eigenvalue weighted by molar-refractivity contribution is 6.24. The standard InChI is InChI=1S/C23H34ClN3O3/c1-6-17-14-19(27(4)25-12-11-24)13-16(2)20(17)15-21(28)26-23(3,22(29)30-5)18-9-7-8-10-18/h12-14,18H,6-11,15H2,1-5H3,(H,26,28)/b25-12-. The van der Waals surface area contributed by atoms with Gasteiger partial charge in [0.2, 0.25) is 5.91 Å². The molecule has 0 radical (unpaired) electrons. The van der Waals surface area contributed by atoms with E-state index < -0.39 is 5.54 Å². The minimum Gasteiger partial charge on any atom is -0.467 e. The van der Waals surface area contributed by atoms with Gasteiger partial charge in [0.25, 0.3) is 0 Å². The number of hydrogen-bond acceptors (Lipinski definition) is 5. The number of nitrogens with zero attached hydrogens (tertiary/aromatic N) is 2. The molecule has 1 aromatic carbocycles. The van der Waals surface area contributed by atoms with E-state index in [2.05, 4.69) is 23.4 Å². The predicted octanol–water partition coefficient (Wildman–Crippen LogP) is 4.00. The summed E-state index contributed by atoms with van der Waals surface area (Å²) in [6.07, 6.45) is 6.66. The highest BCUT2D eigenvalue weighted by Crippen LogP contribution is 2.35. The number of hydrogen-bond donors (Lipinski definition) is 1. The lowest BCUT2D eigenvalue weighted by atomic mass is 9.83. The molecule has 0 spiro atoms. The average Bonchev–Trinajstić information content (AvgIpc) is 3.27. The van der Waals surface area contributed by atoms with E-state index in [1.165, 1.54) is 7.11 Å². The average molecular weight is 436 g/mol. The van der Waals surface area contributed by atoms with Crippen LogP contribution >= 0.6 is 11.6 Å². The number of esters is 1. The first-order valence-electron chi connectivity index (χ1n) is 10.6. The summed E-state index contributed by atoms with van der Waals surface area (Å²) in [5.41, 5.74) is 3.06. The van der Waals surface area contributed by atoms with Crippen LogP contribution in [0.4, 0.5) is 5.69 Å². The molecule has 0 bridgehead atoms. The number of carbonyl (C=O) groups excluding carboxylic acids is 2. The highest BCUT2D eigenvalue weighted by atomic mass is 35.5. The molecule has 1 unspecified atom stereocenters. The molecular formula is C23H34ClN3O3. The van der Waals surface area contributed by atoms with Crippen molar-refractivity contribution in [1.82, 2.24) is 5.32 Å². The molecule has 6 nitrogen and oxygen atoms in total. The summed E-state index contributed by atoms with van der Waals surface area (Å²) in [6, 6.07) is 4.07. The fourth-order valence-electron chi connectivity index (χ4n) is 4.37. The van der Waals surface area contributed by atoms with Gasteiger partial charge in [-0.25, -0.2) is 4.79 Å². The number of aryl methyl sites for hydroxylation is 2. The minimum atomic E-state index is -0.987. The maximum atomic E-state index is 13.0. The third kappa shape index (κ3) is 5.54. The van der Waals surface area contributed by atoms with Gasteiger partial charge in [-0.05, 0) is 67.9 Å². The van der Waals surface area contributed by atoms with E-state index in [0.29, 0.717) is 5.88 Å². The number of anilines is 1. The Bertz CT molecular complexity index is 790. The molecule has 1 amide bonds. The molecule has 166 valence electrons. The van der Waals surface area contributed by atoms with Gasteiger partial charge in [0.15, 0.2) is 0 Å². The van der Waals surface area contributed by atoms with E-state index in [4.69, 9.17) is 16.3 Å². The molecule has 1 N–H and O–H groups in total. The second kappa shape index (κ2) is 10.8. The molecule has 30 heavy (non-hydrogen) atoms.